The molecular formula is C18H26N2O2. The number of nitrogens with zero attached hydrogens (tertiary/aromatic N) is 1. The molecule has 3 unspecified atom stereocenters. The third-order valence-electron chi connectivity index (χ3n) is 4.92. The van der Waals surface area contributed by atoms with E-state index in [9.17, 15) is 4.79 Å². The van der Waals surface area contributed by atoms with Gasteiger partial charge in [0.15, 0.2) is 6.10 Å². The number of carbonyl (C=O) groups is 1. The van der Waals surface area contributed by atoms with Gasteiger partial charge >= 0.3 is 0 Å². The van der Waals surface area contributed by atoms with Gasteiger partial charge in [-0.3, -0.25) is 4.79 Å². The monoisotopic (exact) mass is 302 g/mol. The van der Waals surface area contributed by atoms with Crippen molar-refractivity contribution in [2.45, 2.75) is 57.7 Å². The zero-order chi connectivity index (χ0) is 15.5. The van der Waals surface area contributed by atoms with Crippen LogP contribution in [0.1, 0.15) is 38.2 Å². The van der Waals surface area contributed by atoms with Crippen LogP contribution >= 0.6 is 0 Å². The molecule has 0 radical (unpaired) electrons. The van der Waals surface area contributed by atoms with Gasteiger partial charge in [-0.25, -0.2) is 0 Å². The van der Waals surface area contributed by atoms with E-state index in [4.69, 9.17) is 4.74 Å². The summed E-state index contributed by atoms with van der Waals surface area (Å²) in [5.74, 6) is 0.991. The lowest BCUT2D eigenvalue weighted by Crippen LogP contribution is -2.48. The molecule has 1 amide bonds. The van der Waals surface area contributed by atoms with E-state index in [-0.39, 0.29) is 12.0 Å². The van der Waals surface area contributed by atoms with Crippen LogP contribution in [0.15, 0.2) is 24.3 Å². The quantitative estimate of drug-likeness (QED) is 0.929. The smallest absolute Gasteiger partial charge is 0.264 e. The molecule has 4 nitrogen and oxygen atoms in total. The SMILES string of the molecule is CCC(Oc1ccccc1C)C(=O)N1C2CCNCC1CC2. The molecule has 1 aromatic carbocycles. The van der Waals surface area contributed by atoms with Crippen LogP contribution < -0.4 is 10.1 Å². The van der Waals surface area contributed by atoms with Crippen molar-refractivity contribution in [2.24, 2.45) is 0 Å². The number of benzene rings is 1. The fraction of sp³-hybridized carbons (Fsp3) is 0.611. The number of nitrogens with one attached hydrogen (secondary N) is 1. The van der Waals surface area contributed by atoms with Crippen LogP contribution in [0.4, 0.5) is 0 Å². The summed E-state index contributed by atoms with van der Waals surface area (Å²) < 4.78 is 6.06. The predicted molar refractivity (Wildman–Crippen MR) is 87.0 cm³/mol. The number of ether oxygens (including phenoxy) is 1. The normalized spacial score (nSPS) is 25.6. The van der Waals surface area contributed by atoms with E-state index >= 15 is 0 Å². The molecule has 120 valence electrons. The molecule has 0 saturated carbocycles. The Bertz CT molecular complexity index is 518. The number of fused-ring (bicyclic) bond motifs is 2. The Morgan fingerprint density at radius 1 is 1.32 bits per heavy atom. The first kappa shape index (κ1) is 15.3. The Morgan fingerprint density at radius 3 is 2.86 bits per heavy atom. The minimum absolute atomic E-state index is 0.168. The minimum Gasteiger partial charge on any atom is -0.480 e. The maximum Gasteiger partial charge on any atom is 0.264 e. The van der Waals surface area contributed by atoms with Crippen LogP contribution in [0.25, 0.3) is 0 Å². The molecule has 0 aromatic heterocycles. The van der Waals surface area contributed by atoms with Crippen LogP contribution in [0, 0.1) is 6.92 Å². The topological polar surface area (TPSA) is 41.6 Å². The fourth-order valence-corrected chi connectivity index (χ4v) is 3.66. The van der Waals surface area contributed by atoms with E-state index in [1.807, 2.05) is 38.1 Å². The molecule has 3 rings (SSSR count). The number of hydrogen-bond donors (Lipinski definition) is 1. The first-order chi connectivity index (χ1) is 10.7. The molecule has 1 N–H and O–H groups in total. The van der Waals surface area contributed by atoms with Gasteiger partial charge in [0, 0.05) is 18.6 Å². The van der Waals surface area contributed by atoms with Gasteiger partial charge in [-0.05, 0) is 50.8 Å². The fourth-order valence-electron chi connectivity index (χ4n) is 3.66. The van der Waals surface area contributed by atoms with Gasteiger partial charge in [-0.15, -0.1) is 0 Å². The molecular weight excluding hydrogens is 276 g/mol. The van der Waals surface area contributed by atoms with E-state index in [1.54, 1.807) is 0 Å². The summed E-state index contributed by atoms with van der Waals surface area (Å²) in [5, 5.41) is 3.44. The van der Waals surface area contributed by atoms with E-state index in [0.29, 0.717) is 18.5 Å². The van der Waals surface area contributed by atoms with Gasteiger partial charge in [-0.2, -0.15) is 0 Å². The molecule has 2 aliphatic heterocycles. The summed E-state index contributed by atoms with van der Waals surface area (Å²) in [6.45, 7) is 5.98. The number of aryl methyl sites for hydroxylation is 1. The molecule has 2 saturated heterocycles. The summed E-state index contributed by atoms with van der Waals surface area (Å²) in [5.41, 5.74) is 1.08. The number of rotatable bonds is 4. The molecule has 1 aromatic rings. The van der Waals surface area contributed by atoms with Crippen molar-refractivity contribution in [1.29, 1.82) is 0 Å². The number of carbonyl (C=O) groups excluding carboxylic acids is 1. The molecule has 2 aliphatic rings. The summed E-state index contributed by atoms with van der Waals surface area (Å²) in [7, 11) is 0. The van der Waals surface area contributed by atoms with Gasteiger partial charge < -0.3 is 15.0 Å². The second-order valence-corrected chi connectivity index (χ2v) is 6.40. The maximum atomic E-state index is 13.0. The average molecular weight is 302 g/mol. The van der Waals surface area contributed by atoms with Crippen LogP contribution in [-0.4, -0.2) is 42.1 Å². The molecule has 2 heterocycles. The highest BCUT2D eigenvalue weighted by molar-refractivity contribution is 5.82. The van der Waals surface area contributed by atoms with Gasteiger partial charge in [0.25, 0.3) is 5.91 Å². The molecule has 0 aliphatic carbocycles. The molecule has 4 heteroatoms. The summed E-state index contributed by atoms with van der Waals surface area (Å²) in [4.78, 5) is 15.1. The second-order valence-electron chi connectivity index (χ2n) is 6.40. The zero-order valence-electron chi connectivity index (χ0n) is 13.5. The summed E-state index contributed by atoms with van der Waals surface area (Å²) in [6.07, 6.45) is 3.64. The third-order valence-corrected chi connectivity index (χ3v) is 4.92. The summed E-state index contributed by atoms with van der Waals surface area (Å²) >= 11 is 0. The van der Waals surface area contributed by atoms with Crippen molar-refractivity contribution in [2.75, 3.05) is 13.1 Å². The highest BCUT2D eigenvalue weighted by Gasteiger charge is 2.40. The predicted octanol–water partition coefficient (Wildman–Crippen LogP) is 2.51. The Kier molecular flexibility index (Phi) is 4.67. The Morgan fingerprint density at radius 2 is 2.09 bits per heavy atom. The van der Waals surface area contributed by atoms with Crippen LogP contribution in [0.2, 0.25) is 0 Å². The number of amides is 1. The van der Waals surface area contributed by atoms with Crippen molar-refractivity contribution >= 4 is 5.91 Å². The van der Waals surface area contributed by atoms with E-state index in [1.165, 1.54) is 0 Å². The first-order valence-corrected chi connectivity index (χ1v) is 8.46. The van der Waals surface area contributed by atoms with Gasteiger partial charge in [0.1, 0.15) is 5.75 Å². The van der Waals surface area contributed by atoms with Crippen molar-refractivity contribution in [3.63, 3.8) is 0 Å². The Balaban J connectivity index is 1.75. The number of para-hydroxylation sites is 1. The third kappa shape index (κ3) is 2.98. The highest BCUT2D eigenvalue weighted by Crippen LogP contribution is 2.30. The van der Waals surface area contributed by atoms with E-state index in [0.717, 1.165) is 43.7 Å². The average Bonchev–Trinajstić information content (AvgIpc) is 2.79. The first-order valence-electron chi connectivity index (χ1n) is 8.46. The molecule has 2 bridgehead atoms. The van der Waals surface area contributed by atoms with Gasteiger partial charge in [-0.1, -0.05) is 25.1 Å². The molecule has 2 fully saturated rings. The van der Waals surface area contributed by atoms with E-state index < -0.39 is 0 Å². The Hall–Kier alpha value is -1.55. The van der Waals surface area contributed by atoms with Crippen LogP contribution in [0.3, 0.4) is 0 Å². The van der Waals surface area contributed by atoms with Crippen molar-refractivity contribution in [3.8, 4) is 5.75 Å². The lowest BCUT2D eigenvalue weighted by Gasteiger charge is -2.31. The molecule has 22 heavy (non-hydrogen) atoms. The van der Waals surface area contributed by atoms with Crippen molar-refractivity contribution in [1.82, 2.24) is 10.2 Å². The van der Waals surface area contributed by atoms with Crippen molar-refractivity contribution in [3.05, 3.63) is 29.8 Å². The van der Waals surface area contributed by atoms with E-state index in [2.05, 4.69) is 10.2 Å². The summed E-state index contributed by atoms with van der Waals surface area (Å²) in [6, 6.07) is 8.65. The lowest BCUT2D eigenvalue weighted by molar-refractivity contribution is -0.141. The maximum absolute atomic E-state index is 13.0. The van der Waals surface area contributed by atoms with Crippen molar-refractivity contribution < 1.29 is 9.53 Å². The standard InChI is InChI=1S/C18H26N2O2/c1-3-16(22-17-7-5-4-6-13(17)2)18(21)20-14-8-9-15(20)12-19-11-10-14/h4-7,14-16,19H,3,8-12H2,1-2H3. The number of hydrogen-bond acceptors (Lipinski definition) is 3. The molecule has 3 atom stereocenters. The second kappa shape index (κ2) is 6.69. The highest BCUT2D eigenvalue weighted by atomic mass is 16.5. The van der Waals surface area contributed by atoms with Gasteiger partial charge in [0.2, 0.25) is 0 Å². The Labute approximate surface area is 132 Å². The van der Waals surface area contributed by atoms with Crippen LogP contribution in [-0.2, 0) is 4.79 Å². The molecule has 0 spiro atoms. The minimum atomic E-state index is -0.373. The zero-order valence-corrected chi connectivity index (χ0v) is 13.5. The van der Waals surface area contributed by atoms with Gasteiger partial charge in [0.05, 0.1) is 0 Å². The van der Waals surface area contributed by atoms with Crippen LogP contribution in [0.5, 0.6) is 5.75 Å². The lowest BCUT2D eigenvalue weighted by atomic mass is 10.1. The largest absolute Gasteiger partial charge is 0.480 e.